The molecule has 0 aromatic heterocycles. The van der Waals surface area contributed by atoms with Crippen molar-refractivity contribution in [2.45, 2.75) is 39.5 Å². The number of hydrogen-bond donors (Lipinski definition) is 0. The largest absolute Gasteiger partial charge is 0.0654 e. The molecule has 0 bridgehead atoms. The highest BCUT2D eigenvalue weighted by Crippen LogP contribution is 2.13. The quantitative estimate of drug-likeness (QED) is 0.634. The Hall–Kier alpha value is -0.780. The predicted octanol–water partition coefficient (Wildman–Crippen LogP) is 4.06. The van der Waals surface area contributed by atoms with Gasteiger partial charge in [0.2, 0.25) is 0 Å². The summed E-state index contributed by atoms with van der Waals surface area (Å²) in [6.07, 6.45) is 5.29. The second-order valence-electron chi connectivity index (χ2n) is 3.94. The van der Waals surface area contributed by atoms with Crippen LogP contribution in [0.25, 0.3) is 0 Å². The first-order valence-corrected chi connectivity index (χ1v) is 5.37. The zero-order valence-corrected chi connectivity index (χ0v) is 8.79. The molecule has 0 unspecified atom stereocenters. The molecule has 0 aliphatic carbocycles. The number of rotatable bonds is 5. The van der Waals surface area contributed by atoms with Crippen LogP contribution in [-0.4, -0.2) is 0 Å². The Morgan fingerprint density at radius 1 is 1.15 bits per heavy atom. The Balaban J connectivity index is 2.32. The van der Waals surface area contributed by atoms with E-state index in [0.717, 1.165) is 5.92 Å². The second-order valence-corrected chi connectivity index (χ2v) is 3.94. The molecule has 72 valence electrons. The molecular weight excluding hydrogens is 156 g/mol. The first kappa shape index (κ1) is 10.3. The van der Waals surface area contributed by atoms with Gasteiger partial charge in [0.25, 0.3) is 0 Å². The summed E-state index contributed by atoms with van der Waals surface area (Å²) < 4.78 is 0. The highest BCUT2D eigenvalue weighted by atomic mass is 14.1. The fourth-order valence-electron chi connectivity index (χ4n) is 1.67. The van der Waals surface area contributed by atoms with Gasteiger partial charge in [-0.3, -0.25) is 0 Å². The molecule has 0 heterocycles. The van der Waals surface area contributed by atoms with E-state index >= 15 is 0 Å². The minimum Gasteiger partial charge on any atom is -0.0654 e. The molecule has 0 aliphatic heterocycles. The summed E-state index contributed by atoms with van der Waals surface area (Å²) in [6, 6.07) is 10.8. The van der Waals surface area contributed by atoms with Gasteiger partial charge in [-0.25, -0.2) is 0 Å². The van der Waals surface area contributed by atoms with Crippen LogP contribution in [0.15, 0.2) is 30.3 Å². The fraction of sp³-hybridized carbons (Fsp3) is 0.538. The van der Waals surface area contributed by atoms with Gasteiger partial charge < -0.3 is 0 Å². The van der Waals surface area contributed by atoms with Gasteiger partial charge in [0.05, 0.1) is 0 Å². The molecule has 0 fully saturated rings. The lowest BCUT2D eigenvalue weighted by molar-refractivity contribution is 0.503. The smallest absolute Gasteiger partial charge is 0.0253 e. The number of unbranched alkanes of at least 4 members (excludes halogenated alkanes) is 1. The summed E-state index contributed by atoms with van der Waals surface area (Å²) >= 11 is 0. The van der Waals surface area contributed by atoms with Crippen molar-refractivity contribution in [1.29, 1.82) is 0 Å². The first-order valence-electron chi connectivity index (χ1n) is 5.37. The molecule has 0 aliphatic rings. The average Bonchev–Trinajstić information content (AvgIpc) is 2.16. The van der Waals surface area contributed by atoms with E-state index in [1.54, 1.807) is 0 Å². The fourth-order valence-corrected chi connectivity index (χ4v) is 1.67. The molecule has 1 atom stereocenters. The number of benzene rings is 1. The van der Waals surface area contributed by atoms with E-state index in [0.29, 0.717) is 0 Å². The molecule has 1 aromatic rings. The zero-order valence-electron chi connectivity index (χ0n) is 8.79. The second kappa shape index (κ2) is 5.80. The summed E-state index contributed by atoms with van der Waals surface area (Å²) in [7, 11) is 0. The van der Waals surface area contributed by atoms with Gasteiger partial charge in [-0.1, -0.05) is 63.4 Å². The maximum Gasteiger partial charge on any atom is -0.0253 e. The van der Waals surface area contributed by atoms with Crippen LogP contribution in [0, 0.1) is 5.92 Å². The summed E-state index contributed by atoms with van der Waals surface area (Å²) in [6.45, 7) is 4.61. The number of hydrogen-bond acceptors (Lipinski definition) is 0. The van der Waals surface area contributed by atoms with Crippen LogP contribution in [0.2, 0.25) is 0 Å². The van der Waals surface area contributed by atoms with Crippen molar-refractivity contribution in [3.05, 3.63) is 35.9 Å². The van der Waals surface area contributed by atoms with Gasteiger partial charge >= 0.3 is 0 Å². The third kappa shape index (κ3) is 4.12. The standard InChI is InChI=1S/C13H20/c1-3-4-8-12(2)11-13-9-6-5-7-10-13/h5-7,9-10,12H,3-4,8,11H2,1-2H3/t12-/m1/s1. The predicted molar refractivity (Wildman–Crippen MR) is 58.8 cm³/mol. The Morgan fingerprint density at radius 2 is 1.85 bits per heavy atom. The molecule has 1 rings (SSSR count). The first-order chi connectivity index (χ1) is 6.33. The van der Waals surface area contributed by atoms with Crippen molar-refractivity contribution in [2.24, 2.45) is 5.92 Å². The van der Waals surface area contributed by atoms with Gasteiger partial charge in [0.15, 0.2) is 0 Å². The monoisotopic (exact) mass is 176 g/mol. The molecule has 1 aromatic carbocycles. The Morgan fingerprint density at radius 3 is 2.46 bits per heavy atom. The topological polar surface area (TPSA) is 0 Å². The van der Waals surface area contributed by atoms with E-state index in [2.05, 4.69) is 44.2 Å². The molecule has 13 heavy (non-hydrogen) atoms. The maximum atomic E-state index is 2.35. The van der Waals surface area contributed by atoms with Crippen LogP contribution < -0.4 is 0 Å². The van der Waals surface area contributed by atoms with E-state index < -0.39 is 0 Å². The van der Waals surface area contributed by atoms with E-state index in [9.17, 15) is 0 Å². The molecule has 0 heteroatoms. The minimum atomic E-state index is 0.836. The SMILES string of the molecule is CCCC[C@@H](C)Cc1ccccc1. The molecule has 0 N–H and O–H groups in total. The van der Waals surface area contributed by atoms with Crippen LogP contribution >= 0.6 is 0 Å². The van der Waals surface area contributed by atoms with Gasteiger partial charge in [0, 0.05) is 0 Å². The van der Waals surface area contributed by atoms with E-state index in [4.69, 9.17) is 0 Å². The molecule has 0 spiro atoms. The van der Waals surface area contributed by atoms with Crippen LogP contribution in [-0.2, 0) is 6.42 Å². The van der Waals surface area contributed by atoms with Crippen LogP contribution in [0.1, 0.15) is 38.7 Å². The normalized spacial score (nSPS) is 12.8. The van der Waals surface area contributed by atoms with Gasteiger partial charge in [-0.15, -0.1) is 0 Å². The summed E-state index contributed by atoms with van der Waals surface area (Å²) in [4.78, 5) is 0. The molecule has 0 saturated heterocycles. The Kier molecular flexibility index (Phi) is 4.59. The molecular formula is C13H20. The molecule has 0 amide bonds. The van der Waals surface area contributed by atoms with Crippen molar-refractivity contribution in [1.82, 2.24) is 0 Å². The van der Waals surface area contributed by atoms with Crippen molar-refractivity contribution in [3.63, 3.8) is 0 Å². The van der Waals surface area contributed by atoms with Crippen LogP contribution in [0.4, 0.5) is 0 Å². The van der Waals surface area contributed by atoms with Crippen molar-refractivity contribution in [3.8, 4) is 0 Å². The highest BCUT2D eigenvalue weighted by molar-refractivity contribution is 5.14. The summed E-state index contributed by atoms with van der Waals surface area (Å²) in [5.41, 5.74) is 1.48. The molecule has 0 radical (unpaired) electrons. The van der Waals surface area contributed by atoms with E-state index in [1.807, 2.05) is 0 Å². The average molecular weight is 176 g/mol. The zero-order chi connectivity index (χ0) is 9.52. The molecule has 0 saturated carbocycles. The lowest BCUT2D eigenvalue weighted by Gasteiger charge is -2.10. The van der Waals surface area contributed by atoms with Crippen molar-refractivity contribution >= 4 is 0 Å². The Labute approximate surface area is 82.0 Å². The summed E-state index contributed by atoms with van der Waals surface area (Å²) in [5, 5.41) is 0. The minimum absolute atomic E-state index is 0.836. The van der Waals surface area contributed by atoms with Crippen LogP contribution in [0.5, 0.6) is 0 Å². The lowest BCUT2D eigenvalue weighted by Crippen LogP contribution is -1.99. The van der Waals surface area contributed by atoms with Gasteiger partial charge in [0.1, 0.15) is 0 Å². The van der Waals surface area contributed by atoms with E-state index in [1.165, 1.54) is 31.2 Å². The lowest BCUT2D eigenvalue weighted by atomic mass is 9.96. The molecule has 0 nitrogen and oxygen atoms in total. The summed E-state index contributed by atoms with van der Waals surface area (Å²) in [5.74, 6) is 0.836. The van der Waals surface area contributed by atoms with Gasteiger partial charge in [-0.05, 0) is 17.9 Å². The van der Waals surface area contributed by atoms with Gasteiger partial charge in [-0.2, -0.15) is 0 Å². The third-order valence-corrected chi connectivity index (χ3v) is 2.48. The van der Waals surface area contributed by atoms with Crippen molar-refractivity contribution < 1.29 is 0 Å². The third-order valence-electron chi connectivity index (χ3n) is 2.48. The van der Waals surface area contributed by atoms with Crippen molar-refractivity contribution in [2.75, 3.05) is 0 Å². The Bertz CT molecular complexity index is 213. The van der Waals surface area contributed by atoms with Crippen LogP contribution in [0.3, 0.4) is 0 Å². The highest BCUT2D eigenvalue weighted by Gasteiger charge is 2.01. The van der Waals surface area contributed by atoms with E-state index in [-0.39, 0.29) is 0 Å². The maximum absolute atomic E-state index is 2.35.